The van der Waals surface area contributed by atoms with Gasteiger partial charge in [0, 0.05) is 6.54 Å². The highest BCUT2D eigenvalue weighted by molar-refractivity contribution is 7.98. The highest BCUT2D eigenvalue weighted by Gasteiger charge is 2.18. The topological polar surface area (TPSA) is 29.9 Å². The molecule has 17 heavy (non-hydrogen) atoms. The maximum Gasteiger partial charge on any atom is 0.0834 e. The van der Waals surface area contributed by atoms with Crippen molar-refractivity contribution < 1.29 is 0 Å². The molecule has 0 bridgehead atoms. The molecule has 98 valence electrons. The van der Waals surface area contributed by atoms with Crippen LogP contribution in [0.15, 0.2) is 6.20 Å². The van der Waals surface area contributed by atoms with Crippen molar-refractivity contribution >= 4 is 23.4 Å². The molecular weight excluding hydrogens is 254 g/mol. The first-order valence-corrected chi connectivity index (χ1v) is 7.95. The molecule has 1 heterocycles. The Morgan fingerprint density at radius 3 is 2.88 bits per heavy atom. The summed E-state index contributed by atoms with van der Waals surface area (Å²) in [5, 5.41) is 8.64. The summed E-state index contributed by atoms with van der Waals surface area (Å²) in [6, 6.07) is 0.314. The van der Waals surface area contributed by atoms with E-state index in [-0.39, 0.29) is 0 Å². The van der Waals surface area contributed by atoms with Crippen LogP contribution in [0.2, 0.25) is 5.02 Å². The molecule has 0 aliphatic rings. The van der Waals surface area contributed by atoms with Gasteiger partial charge in [-0.2, -0.15) is 16.9 Å². The maximum atomic E-state index is 6.26. The molecule has 0 fully saturated rings. The largest absolute Gasteiger partial charge is 0.309 e. The van der Waals surface area contributed by atoms with Crippen LogP contribution in [0, 0.1) is 0 Å². The molecule has 1 atom stereocenters. The summed E-state index contributed by atoms with van der Waals surface area (Å²) in [4.78, 5) is 0. The quantitative estimate of drug-likeness (QED) is 0.789. The number of hydrogen-bond donors (Lipinski definition) is 1. The Labute approximate surface area is 113 Å². The minimum Gasteiger partial charge on any atom is -0.309 e. The minimum absolute atomic E-state index is 0.314. The molecule has 0 saturated carbocycles. The van der Waals surface area contributed by atoms with Gasteiger partial charge in [0.2, 0.25) is 0 Å². The van der Waals surface area contributed by atoms with Gasteiger partial charge in [0.05, 0.1) is 23.0 Å². The second kappa shape index (κ2) is 8.01. The van der Waals surface area contributed by atoms with Crippen LogP contribution >= 0.6 is 23.4 Å². The van der Waals surface area contributed by atoms with Crippen molar-refractivity contribution in [2.75, 3.05) is 18.6 Å². The van der Waals surface area contributed by atoms with Gasteiger partial charge in [-0.15, -0.1) is 0 Å². The number of aryl methyl sites for hydroxylation is 1. The van der Waals surface area contributed by atoms with E-state index in [4.69, 9.17) is 11.6 Å². The van der Waals surface area contributed by atoms with Crippen molar-refractivity contribution in [3.63, 3.8) is 0 Å². The van der Waals surface area contributed by atoms with Crippen LogP contribution < -0.4 is 5.32 Å². The zero-order valence-electron chi connectivity index (χ0n) is 10.9. The van der Waals surface area contributed by atoms with Crippen LogP contribution in [0.1, 0.15) is 38.4 Å². The van der Waals surface area contributed by atoms with E-state index in [0.29, 0.717) is 6.04 Å². The van der Waals surface area contributed by atoms with E-state index in [9.17, 15) is 0 Å². The number of nitrogens with zero attached hydrogens (tertiary/aromatic N) is 2. The lowest BCUT2D eigenvalue weighted by Crippen LogP contribution is -2.25. The molecule has 0 spiro atoms. The van der Waals surface area contributed by atoms with E-state index in [2.05, 4.69) is 30.5 Å². The lowest BCUT2D eigenvalue weighted by Gasteiger charge is -2.19. The third kappa shape index (κ3) is 4.19. The van der Waals surface area contributed by atoms with Gasteiger partial charge >= 0.3 is 0 Å². The Morgan fingerprint density at radius 2 is 2.29 bits per heavy atom. The molecule has 1 N–H and O–H groups in total. The number of hydrogen-bond acceptors (Lipinski definition) is 3. The van der Waals surface area contributed by atoms with E-state index in [1.54, 1.807) is 6.20 Å². The average molecular weight is 276 g/mol. The molecule has 1 rings (SSSR count). The lowest BCUT2D eigenvalue weighted by molar-refractivity contribution is 0.473. The Hall–Kier alpha value is -0.190. The molecule has 1 unspecified atom stereocenters. The first-order chi connectivity index (χ1) is 8.24. The number of nitrogens with one attached hydrogen (secondary N) is 1. The number of rotatable bonds is 8. The molecular formula is C12H22ClN3S. The number of thioether (sulfide) groups is 1. The van der Waals surface area contributed by atoms with Crippen molar-refractivity contribution in [1.82, 2.24) is 15.1 Å². The van der Waals surface area contributed by atoms with Gasteiger partial charge in [-0.1, -0.05) is 25.4 Å². The van der Waals surface area contributed by atoms with E-state index in [1.165, 1.54) is 0 Å². The molecule has 1 aromatic rings. The SMILES string of the molecule is CCCn1ncc(Cl)c1C(CCSC)NCC. The second-order valence-electron chi connectivity index (χ2n) is 3.99. The summed E-state index contributed by atoms with van der Waals surface area (Å²) in [7, 11) is 0. The first kappa shape index (κ1) is 14.9. The first-order valence-electron chi connectivity index (χ1n) is 6.18. The van der Waals surface area contributed by atoms with Crippen LogP contribution in [0.3, 0.4) is 0 Å². The molecule has 0 aliphatic heterocycles. The third-order valence-corrected chi connectivity index (χ3v) is 3.60. The van der Waals surface area contributed by atoms with Crippen LogP contribution in [0.5, 0.6) is 0 Å². The Kier molecular flexibility index (Phi) is 7.00. The van der Waals surface area contributed by atoms with E-state index in [1.807, 2.05) is 16.4 Å². The smallest absolute Gasteiger partial charge is 0.0834 e. The summed E-state index contributed by atoms with van der Waals surface area (Å²) >= 11 is 8.13. The molecule has 3 nitrogen and oxygen atoms in total. The number of halogens is 1. The molecule has 0 aliphatic carbocycles. The fourth-order valence-electron chi connectivity index (χ4n) is 1.93. The zero-order chi connectivity index (χ0) is 12.7. The average Bonchev–Trinajstić information content (AvgIpc) is 2.67. The molecule has 0 aromatic carbocycles. The molecule has 5 heteroatoms. The molecule has 0 saturated heterocycles. The summed E-state index contributed by atoms with van der Waals surface area (Å²) in [5.74, 6) is 1.13. The van der Waals surface area contributed by atoms with Gasteiger partial charge in [0.1, 0.15) is 0 Å². The highest BCUT2D eigenvalue weighted by Crippen LogP contribution is 2.26. The van der Waals surface area contributed by atoms with Crippen molar-refractivity contribution in [3.05, 3.63) is 16.9 Å². The predicted octanol–water partition coefficient (Wildman–Crippen LogP) is 3.35. The minimum atomic E-state index is 0.314. The predicted molar refractivity (Wildman–Crippen MR) is 76.9 cm³/mol. The Balaban J connectivity index is 2.86. The number of aromatic nitrogens is 2. The van der Waals surface area contributed by atoms with Crippen LogP contribution in [-0.4, -0.2) is 28.3 Å². The lowest BCUT2D eigenvalue weighted by atomic mass is 10.1. The van der Waals surface area contributed by atoms with Crippen molar-refractivity contribution in [2.45, 2.75) is 39.3 Å². The van der Waals surface area contributed by atoms with Gasteiger partial charge in [0.25, 0.3) is 0 Å². The monoisotopic (exact) mass is 275 g/mol. The van der Waals surface area contributed by atoms with Gasteiger partial charge in [-0.05, 0) is 31.4 Å². The summed E-state index contributed by atoms with van der Waals surface area (Å²) in [6.07, 6.45) is 6.06. The van der Waals surface area contributed by atoms with Crippen molar-refractivity contribution in [2.24, 2.45) is 0 Å². The van der Waals surface area contributed by atoms with Gasteiger partial charge in [-0.3, -0.25) is 4.68 Å². The van der Waals surface area contributed by atoms with E-state index in [0.717, 1.165) is 42.4 Å². The van der Waals surface area contributed by atoms with Gasteiger partial charge in [-0.25, -0.2) is 0 Å². The summed E-state index contributed by atoms with van der Waals surface area (Å²) in [5.41, 5.74) is 1.14. The standard InChI is InChI=1S/C12H22ClN3S/c1-4-7-16-12(10(13)9-15-16)11(14-5-2)6-8-17-3/h9,11,14H,4-8H2,1-3H3. The zero-order valence-corrected chi connectivity index (χ0v) is 12.4. The summed E-state index contributed by atoms with van der Waals surface area (Å²) in [6.45, 7) is 6.17. The summed E-state index contributed by atoms with van der Waals surface area (Å²) < 4.78 is 2.04. The van der Waals surface area contributed by atoms with Crippen LogP contribution in [0.4, 0.5) is 0 Å². The fraction of sp³-hybridized carbons (Fsp3) is 0.750. The van der Waals surface area contributed by atoms with Gasteiger partial charge in [0.15, 0.2) is 0 Å². The van der Waals surface area contributed by atoms with Crippen LogP contribution in [-0.2, 0) is 6.54 Å². The fourth-order valence-corrected chi connectivity index (χ4v) is 2.67. The Morgan fingerprint density at radius 1 is 1.53 bits per heavy atom. The van der Waals surface area contributed by atoms with Crippen molar-refractivity contribution in [1.29, 1.82) is 0 Å². The molecule has 1 aromatic heterocycles. The van der Waals surface area contributed by atoms with Gasteiger partial charge < -0.3 is 5.32 Å². The van der Waals surface area contributed by atoms with E-state index >= 15 is 0 Å². The maximum absolute atomic E-state index is 6.26. The molecule has 0 amide bonds. The van der Waals surface area contributed by atoms with Crippen LogP contribution in [0.25, 0.3) is 0 Å². The Bertz CT molecular complexity index is 328. The third-order valence-electron chi connectivity index (χ3n) is 2.66. The van der Waals surface area contributed by atoms with Crippen molar-refractivity contribution in [3.8, 4) is 0 Å². The second-order valence-corrected chi connectivity index (χ2v) is 5.39. The normalized spacial score (nSPS) is 12.9. The van der Waals surface area contributed by atoms with E-state index < -0.39 is 0 Å². The highest BCUT2D eigenvalue weighted by atomic mass is 35.5. The molecule has 0 radical (unpaired) electrons.